The molecule has 0 aliphatic carbocycles. The van der Waals surface area contributed by atoms with E-state index >= 15 is 0 Å². The van der Waals surface area contributed by atoms with E-state index in [4.69, 9.17) is 0 Å². The number of likely N-dealkylation sites (tertiary alicyclic amines) is 1. The molecule has 0 N–H and O–H groups in total. The summed E-state index contributed by atoms with van der Waals surface area (Å²) < 4.78 is 0.635. The van der Waals surface area contributed by atoms with E-state index in [1.807, 2.05) is 6.07 Å². The molecule has 1 heterocycles. The lowest BCUT2D eigenvalue weighted by Crippen LogP contribution is -2.40. The molecule has 1 aliphatic heterocycles. The molecule has 0 atom stereocenters. The zero-order valence-corrected chi connectivity index (χ0v) is 11.8. The highest BCUT2D eigenvalue weighted by Gasteiger charge is 2.42. The van der Waals surface area contributed by atoms with Gasteiger partial charge in [-0.25, -0.2) is 14.3 Å². The minimum Gasteiger partial charge on any atom is -0.710 e. The van der Waals surface area contributed by atoms with Crippen LogP contribution in [0.4, 0.5) is 5.69 Å². The van der Waals surface area contributed by atoms with E-state index in [1.54, 1.807) is 54.6 Å². The van der Waals surface area contributed by atoms with E-state index in [0.29, 0.717) is 16.0 Å². The Bertz CT molecular complexity index is 723. The standard InChI is InChI=1S/C17H14N2O3/c20-15-11-12-16(21)18(15)17(13-7-3-1-4-8-13)19(22)14-9-5-2-6-10-14/h1-10H,11-12H2/b19-17+. The van der Waals surface area contributed by atoms with E-state index < -0.39 is 0 Å². The van der Waals surface area contributed by atoms with Gasteiger partial charge in [0, 0.05) is 0 Å². The van der Waals surface area contributed by atoms with Gasteiger partial charge in [-0.2, -0.15) is 0 Å². The Morgan fingerprint density at radius 1 is 0.864 bits per heavy atom. The number of amidine groups is 1. The number of amides is 2. The van der Waals surface area contributed by atoms with Gasteiger partial charge in [-0.1, -0.05) is 36.4 Å². The SMILES string of the molecule is O=C1CCC(=O)N1/C(c1ccccc1)=[N+](/[O-])c1ccccc1. The van der Waals surface area contributed by atoms with Crippen molar-refractivity contribution in [2.75, 3.05) is 0 Å². The second kappa shape index (κ2) is 5.81. The van der Waals surface area contributed by atoms with Crippen LogP contribution in [0.15, 0.2) is 60.7 Å². The molecule has 2 aromatic rings. The van der Waals surface area contributed by atoms with Gasteiger partial charge in [0.15, 0.2) is 0 Å². The third-order valence-electron chi connectivity index (χ3n) is 3.48. The van der Waals surface area contributed by atoms with Gasteiger partial charge in [-0.05, 0) is 24.3 Å². The van der Waals surface area contributed by atoms with Crippen molar-refractivity contribution >= 4 is 23.3 Å². The van der Waals surface area contributed by atoms with Crippen molar-refractivity contribution in [3.05, 3.63) is 71.4 Å². The summed E-state index contributed by atoms with van der Waals surface area (Å²) in [6, 6.07) is 17.3. The Kier molecular flexibility index (Phi) is 3.70. The van der Waals surface area contributed by atoms with Gasteiger partial charge in [0.2, 0.25) is 0 Å². The molecule has 5 nitrogen and oxygen atoms in total. The molecule has 22 heavy (non-hydrogen) atoms. The van der Waals surface area contributed by atoms with Crippen LogP contribution in [0.5, 0.6) is 0 Å². The van der Waals surface area contributed by atoms with Crippen molar-refractivity contribution in [1.82, 2.24) is 4.90 Å². The largest absolute Gasteiger partial charge is 0.710 e. The van der Waals surface area contributed by atoms with Crippen LogP contribution < -0.4 is 0 Å². The van der Waals surface area contributed by atoms with Crippen molar-refractivity contribution in [1.29, 1.82) is 0 Å². The van der Waals surface area contributed by atoms with Crippen molar-refractivity contribution in [2.45, 2.75) is 12.8 Å². The van der Waals surface area contributed by atoms with Crippen molar-refractivity contribution in [3.8, 4) is 0 Å². The highest BCUT2D eigenvalue weighted by molar-refractivity contribution is 6.20. The van der Waals surface area contributed by atoms with E-state index in [1.165, 1.54) is 0 Å². The van der Waals surface area contributed by atoms with Crippen LogP contribution in [0.25, 0.3) is 0 Å². The molecule has 110 valence electrons. The Hall–Kier alpha value is -2.95. The van der Waals surface area contributed by atoms with Crippen LogP contribution in [0.1, 0.15) is 18.4 Å². The van der Waals surface area contributed by atoms with Gasteiger partial charge in [-0.15, -0.1) is 4.90 Å². The lowest BCUT2D eigenvalue weighted by molar-refractivity contribution is -0.365. The Balaban J connectivity index is 2.20. The van der Waals surface area contributed by atoms with Gasteiger partial charge >= 0.3 is 17.6 Å². The van der Waals surface area contributed by atoms with Crippen molar-refractivity contribution < 1.29 is 14.3 Å². The molecule has 5 heteroatoms. The first-order valence-electron chi connectivity index (χ1n) is 6.99. The van der Waals surface area contributed by atoms with E-state index in [2.05, 4.69) is 0 Å². The first kappa shape index (κ1) is 14.0. The summed E-state index contributed by atoms with van der Waals surface area (Å²) in [5.41, 5.74) is 0.902. The van der Waals surface area contributed by atoms with Crippen molar-refractivity contribution in [3.63, 3.8) is 0 Å². The first-order valence-corrected chi connectivity index (χ1v) is 6.99. The number of nitrogens with zero attached hydrogens (tertiary/aromatic N) is 2. The molecule has 0 radical (unpaired) electrons. The zero-order chi connectivity index (χ0) is 15.5. The molecule has 0 unspecified atom stereocenters. The number of rotatable bonds is 2. The molecule has 1 saturated heterocycles. The van der Waals surface area contributed by atoms with Gasteiger partial charge in [0.1, 0.15) is 5.69 Å². The maximum atomic E-state index is 12.8. The number of imide groups is 1. The van der Waals surface area contributed by atoms with Crippen LogP contribution in [0.3, 0.4) is 0 Å². The summed E-state index contributed by atoms with van der Waals surface area (Å²) in [6.07, 6.45) is 0.273. The summed E-state index contributed by atoms with van der Waals surface area (Å²) in [7, 11) is 0. The number of hydrogen-bond donors (Lipinski definition) is 0. The fourth-order valence-corrected chi connectivity index (χ4v) is 2.42. The van der Waals surface area contributed by atoms with E-state index in [9.17, 15) is 14.8 Å². The normalized spacial score (nSPS) is 15.9. The number of carbonyl (C=O) groups is 2. The van der Waals surface area contributed by atoms with Gasteiger partial charge < -0.3 is 5.21 Å². The molecule has 0 bridgehead atoms. The quantitative estimate of drug-likeness (QED) is 0.213. The third-order valence-corrected chi connectivity index (χ3v) is 3.48. The Morgan fingerprint density at radius 2 is 1.36 bits per heavy atom. The smallest absolute Gasteiger partial charge is 0.317 e. The third kappa shape index (κ3) is 2.48. The minimum atomic E-state index is -0.347. The van der Waals surface area contributed by atoms with E-state index in [-0.39, 0.29) is 30.5 Å². The maximum absolute atomic E-state index is 12.8. The molecule has 0 saturated carbocycles. The summed E-state index contributed by atoms with van der Waals surface area (Å²) >= 11 is 0. The van der Waals surface area contributed by atoms with Crippen molar-refractivity contribution in [2.24, 2.45) is 0 Å². The lowest BCUT2D eigenvalue weighted by Gasteiger charge is -2.18. The molecule has 3 rings (SSSR count). The van der Waals surface area contributed by atoms with E-state index in [0.717, 1.165) is 4.90 Å². The topological polar surface area (TPSA) is 63.5 Å². The number of carbonyl (C=O) groups excluding carboxylic acids is 2. The molecule has 0 aromatic heterocycles. The lowest BCUT2D eigenvalue weighted by atomic mass is 10.2. The van der Waals surface area contributed by atoms with Crippen LogP contribution in [0.2, 0.25) is 0 Å². The summed E-state index contributed by atoms with van der Waals surface area (Å²) in [4.78, 5) is 25.1. The monoisotopic (exact) mass is 294 g/mol. The molecule has 0 spiro atoms. The van der Waals surface area contributed by atoms with Gasteiger partial charge in [0.25, 0.3) is 0 Å². The Labute approximate surface area is 127 Å². The van der Waals surface area contributed by atoms with Gasteiger partial charge in [0.05, 0.1) is 18.4 Å². The molecule has 1 fully saturated rings. The summed E-state index contributed by atoms with van der Waals surface area (Å²) in [5.74, 6) is -0.638. The average molecular weight is 294 g/mol. The summed E-state index contributed by atoms with van der Waals surface area (Å²) in [6.45, 7) is 0. The highest BCUT2D eigenvalue weighted by atomic mass is 16.5. The molecular weight excluding hydrogens is 280 g/mol. The Morgan fingerprint density at radius 3 is 1.91 bits per heavy atom. The molecular formula is C17H14N2O3. The number of para-hydroxylation sites is 1. The second-order valence-corrected chi connectivity index (χ2v) is 4.94. The van der Waals surface area contributed by atoms with Crippen LogP contribution in [0, 0.1) is 5.21 Å². The predicted molar refractivity (Wildman–Crippen MR) is 81.4 cm³/mol. The van der Waals surface area contributed by atoms with Crippen LogP contribution >= 0.6 is 0 Å². The molecule has 2 aromatic carbocycles. The van der Waals surface area contributed by atoms with Crippen LogP contribution in [-0.2, 0) is 9.59 Å². The zero-order valence-electron chi connectivity index (χ0n) is 11.8. The molecule has 2 amide bonds. The number of benzene rings is 2. The van der Waals surface area contributed by atoms with Crippen LogP contribution in [-0.4, -0.2) is 27.3 Å². The fourth-order valence-electron chi connectivity index (χ4n) is 2.42. The van der Waals surface area contributed by atoms with Gasteiger partial charge in [-0.3, -0.25) is 0 Å². The highest BCUT2D eigenvalue weighted by Crippen LogP contribution is 2.20. The minimum absolute atomic E-state index is 0.0549. The average Bonchev–Trinajstić information content (AvgIpc) is 2.89. The summed E-state index contributed by atoms with van der Waals surface area (Å²) in [5, 5.41) is 12.8. The fraction of sp³-hybridized carbons (Fsp3) is 0.118. The first-order chi connectivity index (χ1) is 10.7. The molecule has 1 aliphatic rings. The predicted octanol–water partition coefficient (Wildman–Crippen LogP) is 2.42. The maximum Gasteiger partial charge on any atom is 0.317 e. The number of hydrogen-bond acceptors (Lipinski definition) is 3. The second-order valence-electron chi connectivity index (χ2n) is 4.94.